The van der Waals surface area contributed by atoms with Gasteiger partial charge in [0.05, 0.1) is 6.54 Å². The Balaban J connectivity index is 1.77. The van der Waals surface area contributed by atoms with Gasteiger partial charge >= 0.3 is 6.18 Å². The third-order valence-electron chi connectivity index (χ3n) is 2.72. The summed E-state index contributed by atoms with van der Waals surface area (Å²) in [5.41, 5.74) is -0.852. The third-order valence-corrected chi connectivity index (χ3v) is 4.50. The molecule has 0 aromatic carbocycles. The Kier molecular flexibility index (Phi) is 5.78. The summed E-state index contributed by atoms with van der Waals surface area (Å²) in [7, 11) is 1.61. The van der Waals surface area contributed by atoms with Gasteiger partial charge in [0.15, 0.2) is 11.7 Å². The third kappa shape index (κ3) is 4.99. The SMILES string of the molecule is CN=C(NCCc1cccs1)NCc1nc(C(F)(F)F)cs1. The van der Waals surface area contributed by atoms with Crippen LogP contribution >= 0.6 is 22.7 Å². The van der Waals surface area contributed by atoms with Crippen molar-refractivity contribution in [2.45, 2.75) is 19.1 Å². The zero-order valence-electron chi connectivity index (χ0n) is 11.8. The van der Waals surface area contributed by atoms with Crippen LogP contribution in [0.15, 0.2) is 27.9 Å². The zero-order valence-corrected chi connectivity index (χ0v) is 13.4. The molecular weight excluding hydrogens is 333 g/mol. The van der Waals surface area contributed by atoms with Gasteiger partial charge in [-0.25, -0.2) is 4.98 Å². The van der Waals surface area contributed by atoms with Crippen molar-refractivity contribution in [1.82, 2.24) is 15.6 Å². The van der Waals surface area contributed by atoms with Gasteiger partial charge in [-0.3, -0.25) is 4.99 Å². The van der Waals surface area contributed by atoms with Crippen LogP contribution in [-0.4, -0.2) is 24.5 Å². The number of hydrogen-bond acceptors (Lipinski definition) is 4. The van der Waals surface area contributed by atoms with Crippen molar-refractivity contribution < 1.29 is 13.2 Å². The van der Waals surface area contributed by atoms with Crippen molar-refractivity contribution in [3.05, 3.63) is 38.5 Å². The number of nitrogens with one attached hydrogen (secondary N) is 2. The first-order valence-corrected chi connectivity index (χ1v) is 8.23. The average Bonchev–Trinajstić information content (AvgIpc) is 3.13. The van der Waals surface area contributed by atoms with Crippen LogP contribution in [0, 0.1) is 0 Å². The van der Waals surface area contributed by atoms with Gasteiger partial charge in [0.2, 0.25) is 0 Å². The highest BCUT2D eigenvalue weighted by Gasteiger charge is 2.33. The van der Waals surface area contributed by atoms with Crippen LogP contribution in [0.4, 0.5) is 13.2 Å². The molecule has 0 aliphatic heterocycles. The molecule has 2 rings (SSSR count). The maximum absolute atomic E-state index is 12.5. The summed E-state index contributed by atoms with van der Waals surface area (Å²) in [6.45, 7) is 0.908. The molecule has 22 heavy (non-hydrogen) atoms. The molecule has 0 unspecified atom stereocenters. The van der Waals surface area contributed by atoms with E-state index in [1.165, 1.54) is 4.88 Å². The van der Waals surface area contributed by atoms with Gasteiger partial charge in [-0.2, -0.15) is 13.2 Å². The van der Waals surface area contributed by atoms with E-state index in [1.54, 1.807) is 18.4 Å². The molecule has 0 radical (unpaired) electrons. The molecule has 2 aromatic rings. The van der Waals surface area contributed by atoms with E-state index in [0.717, 1.165) is 23.1 Å². The largest absolute Gasteiger partial charge is 0.434 e. The number of aromatic nitrogens is 1. The average molecular weight is 348 g/mol. The Morgan fingerprint density at radius 1 is 1.32 bits per heavy atom. The molecular formula is C13H15F3N4S2. The highest BCUT2D eigenvalue weighted by atomic mass is 32.1. The van der Waals surface area contributed by atoms with Crippen LogP contribution in [0.2, 0.25) is 0 Å². The Morgan fingerprint density at radius 2 is 2.14 bits per heavy atom. The summed E-state index contributed by atoms with van der Waals surface area (Å²) in [5.74, 6) is 0.542. The summed E-state index contributed by atoms with van der Waals surface area (Å²) in [4.78, 5) is 8.85. The van der Waals surface area contributed by atoms with Gasteiger partial charge in [-0.1, -0.05) is 6.07 Å². The number of thiophene rings is 1. The Hall–Kier alpha value is -1.61. The second-order valence-electron chi connectivity index (χ2n) is 4.31. The molecule has 0 bridgehead atoms. The minimum absolute atomic E-state index is 0.208. The fourth-order valence-electron chi connectivity index (χ4n) is 1.66. The summed E-state index contributed by atoms with van der Waals surface area (Å²) >= 11 is 2.66. The van der Waals surface area contributed by atoms with E-state index in [2.05, 4.69) is 26.7 Å². The van der Waals surface area contributed by atoms with Gasteiger partial charge in [0, 0.05) is 23.8 Å². The van der Waals surface area contributed by atoms with Gasteiger partial charge in [-0.05, 0) is 17.9 Å². The molecule has 0 aliphatic rings. The lowest BCUT2D eigenvalue weighted by Crippen LogP contribution is -2.37. The van der Waals surface area contributed by atoms with Gasteiger partial charge < -0.3 is 10.6 Å². The van der Waals surface area contributed by atoms with E-state index in [9.17, 15) is 13.2 Å². The predicted octanol–water partition coefficient (Wildman–Crippen LogP) is 3.13. The maximum atomic E-state index is 12.5. The summed E-state index contributed by atoms with van der Waals surface area (Å²) in [6, 6.07) is 4.05. The van der Waals surface area contributed by atoms with Crippen molar-refractivity contribution in [1.29, 1.82) is 0 Å². The highest BCUT2D eigenvalue weighted by molar-refractivity contribution is 7.10. The normalized spacial score (nSPS) is 12.5. The first-order chi connectivity index (χ1) is 10.5. The first-order valence-electron chi connectivity index (χ1n) is 6.47. The molecule has 2 N–H and O–H groups in total. The monoisotopic (exact) mass is 348 g/mol. The maximum Gasteiger partial charge on any atom is 0.434 e. The zero-order chi connectivity index (χ0) is 16.0. The number of aliphatic imine (C=N–C) groups is 1. The van der Waals surface area contributed by atoms with E-state index in [-0.39, 0.29) is 6.54 Å². The van der Waals surface area contributed by atoms with Crippen molar-refractivity contribution >= 4 is 28.6 Å². The standard InChI is InChI=1S/C13H15F3N4S2/c1-17-12(18-5-4-9-3-2-6-21-9)19-7-11-20-10(8-22-11)13(14,15)16/h2-3,6,8H,4-5,7H2,1H3,(H2,17,18,19). The van der Waals surface area contributed by atoms with Gasteiger partial charge in [0.1, 0.15) is 5.01 Å². The number of nitrogens with zero attached hydrogens (tertiary/aromatic N) is 2. The molecule has 9 heteroatoms. The smallest absolute Gasteiger partial charge is 0.356 e. The molecule has 0 atom stereocenters. The lowest BCUT2D eigenvalue weighted by atomic mass is 10.3. The summed E-state index contributed by atoms with van der Waals surface area (Å²) in [5, 5.41) is 9.47. The molecule has 0 aliphatic carbocycles. The van der Waals surface area contributed by atoms with Gasteiger partial charge in [0.25, 0.3) is 0 Å². The Bertz CT molecular complexity index is 605. The number of halogens is 3. The fraction of sp³-hybridized carbons (Fsp3) is 0.385. The van der Waals surface area contributed by atoms with Crippen LogP contribution in [0.3, 0.4) is 0 Å². The van der Waals surface area contributed by atoms with E-state index in [0.29, 0.717) is 17.5 Å². The highest BCUT2D eigenvalue weighted by Crippen LogP contribution is 2.29. The van der Waals surface area contributed by atoms with E-state index in [1.807, 2.05) is 11.4 Å². The van der Waals surface area contributed by atoms with E-state index < -0.39 is 11.9 Å². The molecule has 0 fully saturated rings. The van der Waals surface area contributed by atoms with Crippen molar-refractivity contribution in [3.63, 3.8) is 0 Å². The molecule has 4 nitrogen and oxygen atoms in total. The summed E-state index contributed by atoms with van der Waals surface area (Å²) in [6.07, 6.45) is -3.52. The number of thiazole rings is 1. The van der Waals surface area contributed by atoms with Crippen molar-refractivity contribution in [2.24, 2.45) is 4.99 Å². The van der Waals surface area contributed by atoms with Crippen LogP contribution in [0.25, 0.3) is 0 Å². The summed E-state index contributed by atoms with van der Waals surface area (Å²) < 4.78 is 37.4. The van der Waals surface area contributed by atoms with Crippen molar-refractivity contribution in [2.75, 3.05) is 13.6 Å². The second kappa shape index (κ2) is 7.59. The quantitative estimate of drug-likeness (QED) is 0.645. The number of guanidine groups is 1. The van der Waals surface area contributed by atoms with Crippen LogP contribution in [-0.2, 0) is 19.1 Å². The topological polar surface area (TPSA) is 49.3 Å². The Morgan fingerprint density at radius 3 is 2.73 bits per heavy atom. The van der Waals surface area contributed by atoms with E-state index in [4.69, 9.17) is 0 Å². The first kappa shape index (κ1) is 16.8. The van der Waals surface area contributed by atoms with Crippen LogP contribution in [0.5, 0.6) is 0 Å². The Labute approximate surface area is 134 Å². The fourth-order valence-corrected chi connectivity index (χ4v) is 3.11. The lowest BCUT2D eigenvalue weighted by Gasteiger charge is -2.10. The van der Waals surface area contributed by atoms with Gasteiger partial charge in [-0.15, -0.1) is 22.7 Å². The molecule has 2 heterocycles. The minimum Gasteiger partial charge on any atom is -0.356 e. The molecule has 0 amide bonds. The molecule has 0 saturated carbocycles. The molecule has 120 valence electrons. The van der Waals surface area contributed by atoms with Crippen LogP contribution < -0.4 is 10.6 Å². The van der Waals surface area contributed by atoms with E-state index >= 15 is 0 Å². The van der Waals surface area contributed by atoms with Crippen LogP contribution in [0.1, 0.15) is 15.6 Å². The lowest BCUT2D eigenvalue weighted by molar-refractivity contribution is -0.140. The minimum atomic E-state index is -4.39. The second-order valence-corrected chi connectivity index (χ2v) is 6.28. The number of rotatable bonds is 5. The molecule has 2 aromatic heterocycles. The number of alkyl halides is 3. The molecule has 0 spiro atoms. The molecule has 0 saturated heterocycles. The predicted molar refractivity (Wildman–Crippen MR) is 83.3 cm³/mol. The van der Waals surface area contributed by atoms with Crippen molar-refractivity contribution in [3.8, 4) is 0 Å². The number of hydrogen-bond donors (Lipinski definition) is 2.